The number of ether oxygens (including phenoxy) is 1. The Hall–Kier alpha value is -2.80. The highest BCUT2D eigenvalue weighted by molar-refractivity contribution is 6.33. The average molecular weight is 330 g/mol. The molecule has 0 unspecified atom stereocenters. The highest BCUT2D eigenvalue weighted by atomic mass is 35.5. The van der Waals surface area contributed by atoms with Crippen LogP contribution in [0.25, 0.3) is 5.69 Å². The summed E-state index contributed by atoms with van der Waals surface area (Å²) in [4.78, 5) is 21.4. The van der Waals surface area contributed by atoms with Crippen LogP contribution in [0.1, 0.15) is 22.0 Å². The lowest BCUT2D eigenvalue weighted by atomic mass is 10.3. The van der Waals surface area contributed by atoms with Crippen molar-refractivity contribution in [2.24, 2.45) is 0 Å². The van der Waals surface area contributed by atoms with Gasteiger partial charge in [0.2, 0.25) is 0 Å². The Morgan fingerprint density at radius 2 is 2.04 bits per heavy atom. The summed E-state index contributed by atoms with van der Waals surface area (Å²) in [7, 11) is 0. The molecule has 116 valence electrons. The standard InChI is InChI=1S/C15H12ClN5O2/c1-10-17-8-13(16)14(19-10)15(22)23-9-11-7-18-21(20-11)12-5-3-2-4-6-12/h2-8H,9H2,1H3. The number of esters is 1. The number of rotatable bonds is 4. The minimum Gasteiger partial charge on any atom is -0.454 e. The lowest BCUT2D eigenvalue weighted by Crippen LogP contribution is -2.10. The van der Waals surface area contributed by atoms with Crippen LogP contribution in [0, 0.1) is 6.92 Å². The fraction of sp³-hybridized carbons (Fsp3) is 0.133. The summed E-state index contributed by atoms with van der Waals surface area (Å²) in [6.07, 6.45) is 2.90. The molecule has 0 fully saturated rings. The van der Waals surface area contributed by atoms with Gasteiger partial charge in [0, 0.05) is 0 Å². The zero-order chi connectivity index (χ0) is 16.2. The zero-order valence-electron chi connectivity index (χ0n) is 12.2. The lowest BCUT2D eigenvalue weighted by Gasteiger charge is -2.04. The van der Waals surface area contributed by atoms with Crippen LogP contribution in [-0.4, -0.2) is 30.9 Å². The largest absolute Gasteiger partial charge is 0.454 e. The van der Waals surface area contributed by atoms with Crippen molar-refractivity contribution in [2.75, 3.05) is 0 Å². The first-order valence-corrected chi connectivity index (χ1v) is 7.14. The Morgan fingerprint density at radius 3 is 2.83 bits per heavy atom. The molecule has 0 aliphatic rings. The molecule has 2 heterocycles. The van der Waals surface area contributed by atoms with Gasteiger partial charge in [-0.15, -0.1) is 5.10 Å². The molecular weight excluding hydrogens is 318 g/mol. The van der Waals surface area contributed by atoms with E-state index in [1.807, 2.05) is 30.3 Å². The predicted octanol–water partition coefficient (Wildman–Crippen LogP) is 2.38. The van der Waals surface area contributed by atoms with Crippen LogP contribution in [0.2, 0.25) is 5.02 Å². The summed E-state index contributed by atoms with van der Waals surface area (Å²) >= 11 is 5.90. The second-order valence-corrected chi connectivity index (χ2v) is 5.06. The molecule has 0 radical (unpaired) electrons. The molecule has 1 aromatic carbocycles. The number of aryl methyl sites for hydroxylation is 1. The Balaban J connectivity index is 1.68. The third kappa shape index (κ3) is 3.51. The van der Waals surface area contributed by atoms with E-state index in [0.29, 0.717) is 11.5 Å². The number of nitrogens with zero attached hydrogens (tertiary/aromatic N) is 5. The Labute approximate surface area is 136 Å². The number of hydrogen-bond donors (Lipinski definition) is 0. The average Bonchev–Trinajstić information content (AvgIpc) is 3.05. The molecule has 0 bridgehead atoms. The van der Waals surface area contributed by atoms with E-state index in [-0.39, 0.29) is 17.3 Å². The van der Waals surface area contributed by atoms with Gasteiger partial charge in [0.1, 0.15) is 18.1 Å². The molecule has 0 saturated carbocycles. The summed E-state index contributed by atoms with van der Waals surface area (Å²) in [5.74, 6) is -0.189. The van der Waals surface area contributed by atoms with Crippen LogP contribution in [0.3, 0.4) is 0 Å². The number of carbonyl (C=O) groups is 1. The van der Waals surface area contributed by atoms with Crippen molar-refractivity contribution in [3.8, 4) is 5.69 Å². The van der Waals surface area contributed by atoms with Gasteiger partial charge in [-0.25, -0.2) is 14.8 Å². The molecule has 0 N–H and O–H groups in total. The summed E-state index contributed by atoms with van der Waals surface area (Å²) < 4.78 is 5.17. The fourth-order valence-corrected chi connectivity index (χ4v) is 2.02. The maximum atomic E-state index is 12.0. The molecule has 0 aliphatic carbocycles. The molecular formula is C15H12ClN5O2. The zero-order valence-corrected chi connectivity index (χ0v) is 12.9. The number of para-hydroxylation sites is 1. The second kappa shape index (κ2) is 6.53. The van der Waals surface area contributed by atoms with Crippen molar-refractivity contribution in [3.05, 3.63) is 65.0 Å². The molecule has 0 atom stereocenters. The Morgan fingerprint density at radius 1 is 1.26 bits per heavy atom. The van der Waals surface area contributed by atoms with Crippen molar-refractivity contribution in [1.29, 1.82) is 0 Å². The van der Waals surface area contributed by atoms with Crippen molar-refractivity contribution in [2.45, 2.75) is 13.5 Å². The highest BCUT2D eigenvalue weighted by Crippen LogP contribution is 2.14. The third-order valence-electron chi connectivity index (χ3n) is 2.94. The quantitative estimate of drug-likeness (QED) is 0.683. The van der Waals surface area contributed by atoms with Gasteiger partial charge < -0.3 is 4.74 Å². The van der Waals surface area contributed by atoms with E-state index in [2.05, 4.69) is 20.2 Å². The Bertz CT molecular complexity index is 835. The predicted molar refractivity (Wildman–Crippen MR) is 82.3 cm³/mol. The molecule has 3 aromatic rings. The monoisotopic (exact) mass is 329 g/mol. The summed E-state index contributed by atoms with van der Waals surface area (Å²) in [6.45, 7) is 1.64. The number of carbonyl (C=O) groups excluding carboxylic acids is 1. The SMILES string of the molecule is Cc1ncc(Cl)c(C(=O)OCc2cnn(-c3ccccc3)n2)n1. The van der Waals surface area contributed by atoms with Gasteiger partial charge in [-0.1, -0.05) is 29.8 Å². The highest BCUT2D eigenvalue weighted by Gasteiger charge is 2.15. The topological polar surface area (TPSA) is 82.8 Å². The van der Waals surface area contributed by atoms with Crippen molar-refractivity contribution in [1.82, 2.24) is 25.0 Å². The van der Waals surface area contributed by atoms with Gasteiger partial charge in [-0.2, -0.15) is 9.90 Å². The molecule has 7 nitrogen and oxygen atoms in total. The van der Waals surface area contributed by atoms with Gasteiger partial charge in [-0.05, 0) is 19.1 Å². The molecule has 0 aliphatic heterocycles. The van der Waals surface area contributed by atoms with Gasteiger partial charge in [-0.3, -0.25) is 0 Å². The number of halogens is 1. The van der Waals surface area contributed by atoms with E-state index in [9.17, 15) is 4.79 Å². The minimum absolute atomic E-state index is 0.0228. The van der Waals surface area contributed by atoms with Crippen molar-refractivity contribution < 1.29 is 9.53 Å². The normalized spacial score (nSPS) is 10.5. The van der Waals surface area contributed by atoms with E-state index in [4.69, 9.17) is 16.3 Å². The van der Waals surface area contributed by atoms with Crippen LogP contribution in [0.5, 0.6) is 0 Å². The number of aromatic nitrogens is 5. The van der Waals surface area contributed by atoms with Gasteiger partial charge in [0.15, 0.2) is 5.69 Å². The van der Waals surface area contributed by atoms with E-state index in [0.717, 1.165) is 5.69 Å². The first kappa shape index (κ1) is 15.1. The van der Waals surface area contributed by atoms with Crippen LogP contribution >= 0.6 is 11.6 Å². The van der Waals surface area contributed by atoms with Gasteiger partial charge in [0.05, 0.1) is 23.1 Å². The number of benzene rings is 1. The second-order valence-electron chi connectivity index (χ2n) is 4.65. The molecule has 8 heteroatoms. The van der Waals surface area contributed by atoms with Crippen molar-refractivity contribution >= 4 is 17.6 Å². The third-order valence-corrected chi connectivity index (χ3v) is 3.21. The Kier molecular flexibility index (Phi) is 4.29. The first-order valence-electron chi connectivity index (χ1n) is 6.76. The van der Waals surface area contributed by atoms with Gasteiger partial charge >= 0.3 is 5.97 Å². The van der Waals surface area contributed by atoms with Crippen LogP contribution in [0.4, 0.5) is 0 Å². The molecule has 3 rings (SSSR count). The number of hydrogen-bond acceptors (Lipinski definition) is 6. The van der Waals surface area contributed by atoms with Crippen LogP contribution in [-0.2, 0) is 11.3 Å². The summed E-state index contributed by atoms with van der Waals surface area (Å²) in [5.41, 5.74) is 1.37. The van der Waals surface area contributed by atoms with Crippen LogP contribution in [0.15, 0.2) is 42.7 Å². The minimum atomic E-state index is -0.630. The van der Waals surface area contributed by atoms with Crippen molar-refractivity contribution in [3.63, 3.8) is 0 Å². The maximum absolute atomic E-state index is 12.0. The summed E-state index contributed by atoms with van der Waals surface area (Å²) in [5, 5.41) is 8.53. The maximum Gasteiger partial charge on any atom is 0.359 e. The van der Waals surface area contributed by atoms with E-state index >= 15 is 0 Å². The molecule has 2 aromatic heterocycles. The van der Waals surface area contributed by atoms with E-state index in [1.54, 1.807) is 6.92 Å². The molecule has 23 heavy (non-hydrogen) atoms. The smallest absolute Gasteiger partial charge is 0.359 e. The molecule has 0 saturated heterocycles. The van der Waals surface area contributed by atoms with Gasteiger partial charge in [0.25, 0.3) is 0 Å². The fourth-order valence-electron chi connectivity index (χ4n) is 1.85. The van der Waals surface area contributed by atoms with E-state index in [1.165, 1.54) is 17.2 Å². The van der Waals surface area contributed by atoms with E-state index < -0.39 is 5.97 Å². The summed E-state index contributed by atoms with van der Waals surface area (Å²) in [6, 6.07) is 9.43. The first-order chi connectivity index (χ1) is 11.1. The molecule has 0 spiro atoms. The molecule has 0 amide bonds. The van der Waals surface area contributed by atoms with Crippen LogP contribution < -0.4 is 0 Å². The lowest BCUT2D eigenvalue weighted by molar-refractivity contribution is 0.0460.